The molecule has 0 fully saturated rings. The number of nitrogens with zero attached hydrogens (tertiary/aromatic N) is 1. The number of ether oxygens (including phenoxy) is 2. The van der Waals surface area contributed by atoms with Gasteiger partial charge in [-0.2, -0.15) is 0 Å². The average molecular weight is 377 g/mol. The summed E-state index contributed by atoms with van der Waals surface area (Å²) >= 11 is 0. The number of esters is 1. The minimum Gasteiger partial charge on any atom is -0.465 e. The Morgan fingerprint density at radius 2 is 1.74 bits per heavy atom. The largest absolute Gasteiger partial charge is 0.465 e. The van der Waals surface area contributed by atoms with E-state index in [1.165, 1.54) is 4.90 Å². The number of benzene rings is 1. The number of carbonyl (C=O) groups is 3. The van der Waals surface area contributed by atoms with Gasteiger partial charge >= 0.3 is 12.1 Å². The van der Waals surface area contributed by atoms with Crippen LogP contribution in [0.1, 0.15) is 72.0 Å². The minimum atomic E-state index is -1.06. The molecule has 0 saturated heterocycles. The molecule has 1 aliphatic heterocycles. The smallest absolute Gasteiger partial charge is 0.407 e. The molecule has 1 atom stereocenters. The number of carbonyl (C=O) groups excluding carboxylic acids is 2. The number of aldehydes is 1. The zero-order valence-corrected chi connectivity index (χ0v) is 16.7. The standard InChI is InChI=1S/C20H27NO6/c1-7-26-18(23)17(27-20(4,5)6)16-12(3)14-9-21(19(24)25)8-13(14)11(2)15(16)10-22/h10,17H,7-9H2,1-6H3,(H,24,25)/t17-/m0/s1. The Morgan fingerprint density at radius 3 is 2.19 bits per heavy atom. The maximum Gasteiger partial charge on any atom is 0.407 e. The molecule has 0 aliphatic carbocycles. The monoisotopic (exact) mass is 377 g/mol. The van der Waals surface area contributed by atoms with E-state index in [0.717, 1.165) is 11.1 Å². The van der Waals surface area contributed by atoms with Gasteiger partial charge in [0.1, 0.15) is 0 Å². The Kier molecular flexibility index (Phi) is 5.94. The summed E-state index contributed by atoms with van der Waals surface area (Å²) in [5.74, 6) is -0.564. The molecule has 0 bridgehead atoms. The fourth-order valence-corrected chi connectivity index (χ4v) is 3.47. The SMILES string of the molecule is CCOC(=O)[C@@H](OC(C)(C)C)c1c(C)c2c(c(C)c1C=O)CN(C(=O)O)C2. The minimum absolute atomic E-state index is 0.190. The van der Waals surface area contributed by atoms with Crippen LogP contribution in [0.2, 0.25) is 0 Å². The van der Waals surface area contributed by atoms with Crippen molar-refractivity contribution in [3.63, 3.8) is 0 Å². The molecule has 27 heavy (non-hydrogen) atoms. The first-order chi connectivity index (χ1) is 12.5. The third-order valence-corrected chi connectivity index (χ3v) is 4.69. The van der Waals surface area contributed by atoms with Crippen LogP contribution in [0.15, 0.2) is 0 Å². The van der Waals surface area contributed by atoms with Gasteiger partial charge in [-0.3, -0.25) is 9.69 Å². The summed E-state index contributed by atoms with van der Waals surface area (Å²) in [4.78, 5) is 37.3. The summed E-state index contributed by atoms with van der Waals surface area (Å²) in [5, 5.41) is 9.34. The highest BCUT2D eigenvalue weighted by atomic mass is 16.6. The predicted octanol–water partition coefficient (Wildman–Crippen LogP) is 3.53. The molecule has 1 aliphatic rings. The highest BCUT2D eigenvalue weighted by Gasteiger charge is 2.36. The van der Waals surface area contributed by atoms with Gasteiger partial charge in [-0.25, -0.2) is 9.59 Å². The van der Waals surface area contributed by atoms with E-state index in [1.54, 1.807) is 20.8 Å². The summed E-state index contributed by atoms with van der Waals surface area (Å²) in [6, 6.07) is 0. The van der Waals surface area contributed by atoms with Crippen molar-refractivity contribution in [3.8, 4) is 0 Å². The number of hydrogen-bond donors (Lipinski definition) is 1. The van der Waals surface area contributed by atoms with Crippen LogP contribution in [-0.4, -0.2) is 40.6 Å². The Hall–Kier alpha value is -2.41. The van der Waals surface area contributed by atoms with Crippen molar-refractivity contribution in [1.29, 1.82) is 0 Å². The molecular formula is C20H27NO6. The first-order valence-corrected chi connectivity index (χ1v) is 8.94. The Morgan fingerprint density at radius 1 is 1.19 bits per heavy atom. The van der Waals surface area contributed by atoms with E-state index in [1.807, 2.05) is 20.8 Å². The fourth-order valence-electron chi connectivity index (χ4n) is 3.47. The van der Waals surface area contributed by atoms with Gasteiger partial charge in [-0.05, 0) is 63.8 Å². The average Bonchev–Trinajstić information content (AvgIpc) is 3.01. The van der Waals surface area contributed by atoms with Crippen LogP contribution >= 0.6 is 0 Å². The molecular weight excluding hydrogens is 350 g/mol. The van der Waals surface area contributed by atoms with Crippen molar-refractivity contribution in [2.24, 2.45) is 0 Å². The maximum atomic E-state index is 12.7. The number of carboxylic acid groups (broad SMARTS) is 1. The van der Waals surface area contributed by atoms with Crippen LogP contribution < -0.4 is 0 Å². The summed E-state index contributed by atoms with van der Waals surface area (Å²) in [5.41, 5.74) is 3.19. The van der Waals surface area contributed by atoms with Crippen LogP contribution in [0.4, 0.5) is 4.79 Å². The Bertz CT molecular complexity index is 778. The molecule has 1 amide bonds. The molecule has 1 N–H and O–H groups in total. The van der Waals surface area contributed by atoms with Crippen molar-refractivity contribution >= 4 is 18.3 Å². The number of hydrogen-bond acceptors (Lipinski definition) is 5. The zero-order valence-electron chi connectivity index (χ0n) is 16.7. The lowest BCUT2D eigenvalue weighted by Crippen LogP contribution is -2.30. The first kappa shape index (κ1) is 20.9. The Labute approximate surface area is 159 Å². The molecule has 1 aromatic carbocycles. The highest BCUT2D eigenvalue weighted by molar-refractivity contribution is 5.88. The van der Waals surface area contributed by atoms with E-state index < -0.39 is 23.8 Å². The first-order valence-electron chi connectivity index (χ1n) is 8.94. The third-order valence-electron chi connectivity index (χ3n) is 4.69. The predicted molar refractivity (Wildman–Crippen MR) is 98.8 cm³/mol. The second kappa shape index (κ2) is 7.68. The topological polar surface area (TPSA) is 93.1 Å². The van der Waals surface area contributed by atoms with E-state index in [2.05, 4.69) is 0 Å². The van der Waals surface area contributed by atoms with Gasteiger partial charge < -0.3 is 14.6 Å². The molecule has 0 spiro atoms. The molecule has 7 heteroatoms. The van der Waals surface area contributed by atoms with E-state index in [4.69, 9.17) is 9.47 Å². The molecule has 0 radical (unpaired) electrons. The third kappa shape index (κ3) is 4.13. The molecule has 2 rings (SSSR count). The quantitative estimate of drug-likeness (QED) is 0.623. The van der Waals surface area contributed by atoms with Gasteiger partial charge in [-0.1, -0.05) is 0 Å². The molecule has 0 aromatic heterocycles. The number of amides is 1. The number of fused-ring (bicyclic) bond motifs is 1. The molecule has 148 valence electrons. The van der Waals surface area contributed by atoms with Crippen molar-refractivity contribution in [1.82, 2.24) is 4.90 Å². The second-order valence-corrected chi connectivity index (χ2v) is 7.65. The summed E-state index contributed by atoms with van der Waals surface area (Å²) in [7, 11) is 0. The fraction of sp³-hybridized carbons (Fsp3) is 0.550. The number of rotatable bonds is 5. The van der Waals surface area contributed by atoms with Crippen molar-refractivity contribution in [3.05, 3.63) is 33.4 Å². The van der Waals surface area contributed by atoms with Gasteiger partial charge in [-0.15, -0.1) is 0 Å². The van der Waals surface area contributed by atoms with E-state index in [0.29, 0.717) is 28.5 Å². The van der Waals surface area contributed by atoms with Gasteiger partial charge in [0.05, 0.1) is 12.2 Å². The lowest BCUT2D eigenvalue weighted by molar-refractivity contribution is -0.166. The normalized spacial score (nSPS) is 14.7. The van der Waals surface area contributed by atoms with Crippen LogP contribution in [0.5, 0.6) is 0 Å². The van der Waals surface area contributed by atoms with Crippen LogP contribution in [0, 0.1) is 13.8 Å². The van der Waals surface area contributed by atoms with E-state index in [-0.39, 0.29) is 19.7 Å². The Balaban J connectivity index is 2.69. The van der Waals surface area contributed by atoms with Crippen molar-refractivity contribution in [2.75, 3.05) is 6.61 Å². The summed E-state index contributed by atoms with van der Waals surface area (Å²) in [6.07, 6.45) is -1.38. The van der Waals surface area contributed by atoms with Crippen molar-refractivity contribution < 1.29 is 29.0 Å². The lowest BCUT2D eigenvalue weighted by atomic mass is 9.86. The van der Waals surface area contributed by atoms with Gasteiger partial charge in [0.15, 0.2) is 12.4 Å². The van der Waals surface area contributed by atoms with Crippen LogP contribution in [-0.2, 0) is 27.4 Å². The van der Waals surface area contributed by atoms with Gasteiger partial charge in [0, 0.05) is 24.2 Å². The lowest BCUT2D eigenvalue weighted by Gasteiger charge is -2.29. The molecule has 7 nitrogen and oxygen atoms in total. The van der Waals surface area contributed by atoms with Gasteiger partial charge in [0.25, 0.3) is 0 Å². The molecule has 0 saturated carbocycles. The van der Waals surface area contributed by atoms with Crippen LogP contribution in [0.25, 0.3) is 0 Å². The van der Waals surface area contributed by atoms with Crippen LogP contribution in [0.3, 0.4) is 0 Å². The molecule has 0 unspecified atom stereocenters. The van der Waals surface area contributed by atoms with E-state index in [9.17, 15) is 19.5 Å². The highest BCUT2D eigenvalue weighted by Crippen LogP contribution is 2.38. The molecule has 1 aromatic rings. The summed E-state index contributed by atoms with van der Waals surface area (Å²) in [6.45, 7) is 11.4. The second-order valence-electron chi connectivity index (χ2n) is 7.65. The van der Waals surface area contributed by atoms with Crippen molar-refractivity contribution in [2.45, 2.75) is 66.3 Å². The van der Waals surface area contributed by atoms with E-state index >= 15 is 0 Å². The zero-order chi connectivity index (χ0) is 20.5. The molecule has 1 heterocycles. The maximum absolute atomic E-state index is 12.7. The van der Waals surface area contributed by atoms with Gasteiger partial charge in [0.2, 0.25) is 0 Å². The summed E-state index contributed by atoms with van der Waals surface area (Å²) < 4.78 is 11.2.